The fraction of sp³-hybridized carbons (Fsp3) is 0.412. The molecular formula is C17H18O2. The molecule has 2 saturated heterocycles. The third kappa shape index (κ3) is 2.45. The quantitative estimate of drug-likeness (QED) is 0.756. The maximum Gasteiger partial charge on any atom is 0.144 e. The largest absolute Gasteiger partial charge is 0.367 e. The number of fused-ring (bicyclic) bond motifs is 2. The highest BCUT2D eigenvalue weighted by atomic mass is 16.6. The molecule has 2 aliphatic heterocycles. The average molecular weight is 254 g/mol. The average Bonchev–Trinajstić information content (AvgIpc) is 2.81. The molecule has 19 heavy (non-hydrogen) atoms. The third-order valence-corrected chi connectivity index (χ3v) is 4.00. The topological polar surface area (TPSA) is 18.5 Å². The van der Waals surface area contributed by atoms with E-state index in [1.54, 1.807) is 0 Å². The molecule has 0 aliphatic carbocycles. The Labute approximate surface area is 114 Å². The van der Waals surface area contributed by atoms with E-state index < -0.39 is 0 Å². The van der Waals surface area contributed by atoms with E-state index in [0.717, 1.165) is 6.42 Å². The molecule has 2 fully saturated rings. The van der Waals surface area contributed by atoms with E-state index in [4.69, 9.17) is 15.9 Å². The van der Waals surface area contributed by atoms with Crippen LogP contribution < -0.4 is 0 Å². The molecule has 2 nitrogen and oxygen atoms in total. The van der Waals surface area contributed by atoms with Crippen molar-refractivity contribution in [3.8, 4) is 12.3 Å². The summed E-state index contributed by atoms with van der Waals surface area (Å²) in [7, 11) is 0. The Balaban J connectivity index is 1.73. The Morgan fingerprint density at radius 1 is 1.21 bits per heavy atom. The molecule has 0 radical (unpaired) electrons. The van der Waals surface area contributed by atoms with Gasteiger partial charge in [0.05, 0.1) is 18.3 Å². The lowest BCUT2D eigenvalue weighted by molar-refractivity contribution is -0.0400. The molecule has 0 spiro atoms. The molecule has 0 amide bonds. The molecule has 1 aromatic rings. The summed E-state index contributed by atoms with van der Waals surface area (Å²) in [4.78, 5) is 0. The SMILES string of the molecule is C#C[C@H]1O[C@@H]2C[C@H]1O[C@@H](/C=C/c1ccccc1)[C@@H]2C. The number of rotatable bonds is 2. The smallest absolute Gasteiger partial charge is 0.144 e. The van der Waals surface area contributed by atoms with Crippen LogP contribution in [-0.2, 0) is 9.47 Å². The lowest BCUT2D eigenvalue weighted by Crippen LogP contribution is -2.37. The minimum Gasteiger partial charge on any atom is -0.367 e. The molecule has 2 heterocycles. The van der Waals surface area contributed by atoms with Crippen LogP contribution in [0.15, 0.2) is 36.4 Å². The van der Waals surface area contributed by atoms with Gasteiger partial charge in [0.2, 0.25) is 0 Å². The first-order valence-corrected chi connectivity index (χ1v) is 6.78. The molecule has 3 rings (SSSR count). The summed E-state index contributed by atoms with van der Waals surface area (Å²) in [5.74, 6) is 3.02. The van der Waals surface area contributed by atoms with Crippen LogP contribution in [0.2, 0.25) is 0 Å². The Kier molecular flexibility index (Phi) is 3.42. The van der Waals surface area contributed by atoms with Crippen molar-refractivity contribution < 1.29 is 9.47 Å². The van der Waals surface area contributed by atoms with Crippen molar-refractivity contribution >= 4 is 6.08 Å². The molecule has 5 atom stereocenters. The maximum atomic E-state index is 6.06. The first-order chi connectivity index (χ1) is 9.28. The number of hydrogen-bond acceptors (Lipinski definition) is 2. The van der Waals surface area contributed by atoms with E-state index >= 15 is 0 Å². The van der Waals surface area contributed by atoms with Crippen molar-refractivity contribution in [2.45, 2.75) is 37.8 Å². The highest BCUT2D eigenvalue weighted by Gasteiger charge is 2.45. The molecule has 2 bridgehead atoms. The van der Waals surface area contributed by atoms with Crippen molar-refractivity contribution in [3.63, 3.8) is 0 Å². The van der Waals surface area contributed by atoms with Gasteiger partial charge in [0.25, 0.3) is 0 Å². The zero-order valence-electron chi connectivity index (χ0n) is 11.0. The zero-order chi connectivity index (χ0) is 13.2. The van der Waals surface area contributed by atoms with E-state index in [9.17, 15) is 0 Å². The van der Waals surface area contributed by atoms with Crippen LogP contribution in [0.1, 0.15) is 18.9 Å². The molecular weight excluding hydrogens is 236 g/mol. The molecule has 0 saturated carbocycles. The van der Waals surface area contributed by atoms with Crippen LogP contribution in [0, 0.1) is 18.3 Å². The van der Waals surface area contributed by atoms with Crippen molar-refractivity contribution in [2.75, 3.05) is 0 Å². The maximum absolute atomic E-state index is 6.06. The first-order valence-electron chi connectivity index (χ1n) is 6.78. The van der Waals surface area contributed by atoms with E-state index in [-0.39, 0.29) is 24.4 Å². The summed E-state index contributed by atoms with van der Waals surface area (Å²) in [6.45, 7) is 2.17. The second kappa shape index (κ2) is 5.21. The van der Waals surface area contributed by atoms with Crippen LogP contribution >= 0.6 is 0 Å². The predicted octanol–water partition coefficient (Wildman–Crippen LogP) is 2.89. The van der Waals surface area contributed by atoms with Crippen molar-refractivity contribution in [3.05, 3.63) is 42.0 Å². The number of ether oxygens (including phenoxy) is 2. The lowest BCUT2D eigenvalue weighted by Gasteiger charge is -2.31. The molecule has 0 unspecified atom stereocenters. The van der Waals surface area contributed by atoms with Crippen molar-refractivity contribution in [1.82, 2.24) is 0 Å². The summed E-state index contributed by atoms with van der Waals surface area (Å²) in [6, 6.07) is 10.2. The second-order valence-corrected chi connectivity index (χ2v) is 5.27. The summed E-state index contributed by atoms with van der Waals surface area (Å²) >= 11 is 0. The van der Waals surface area contributed by atoms with Gasteiger partial charge >= 0.3 is 0 Å². The van der Waals surface area contributed by atoms with Crippen molar-refractivity contribution in [1.29, 1.82) is 0 Å². The Morgan fingerprint density at radius 3 is 2.74 bits per heavy atom. The van der Waals surface area contributed by atoms with Crippen LogP contribution in [-0.4, -0.2) is 24.4 Å². The Morgan fingerprint density at radius 2 is 2.00 bits per heavy atom. The molecule has 2 heteroatoms. The van der Waals surface area contributed by atoms with E-state index in [1.165, 1.54) is 5.56 Å². The van der Waals surface area contributed by atoms with Crippen LogP contribution in [0.5, 0.6) is 0 Å². The molecule has 98 valence electrons. The highest BCUT2D eigenvalue weighted by Crippen LogP contribution is 2.37. The van der Waals surface area contributed by atoms with Gasteiger partial charge in [0, 0.05) is 12.3 Å². The number of hydrogen-bond donors (Lipinski definition) is 0. The van der Waals surface area contributed by atoms with Gasteiger partial charge in [-0.3, -0.25) is 0 Å². The summed E-state index contributed by atoms with van der Waals surface area (Å²) in [5, 5.41) is 0. The molecule has 1 aromatic carbocycles. The summed E-state index contributed by atoms with van der Waals surface area (Å²) < 4.78 is 11.9. The molecule has 2 aliphatic rings. The third-order valence-electron chi connectivity index (χ3n) is 4.00. The second-order valence-electron chi connectivity index (χ2n) is 5.27. The van der Waals surface area contributed by atoms with E-state index in [2.05, 4.69) is 37.1 Å². The minimum absolute atomic E-state index is 0.0524. The zero-order valence-corrected chi connectivity index (χ0v) is 11.0. The fourth-order valence-electron chi connectivity index (χ4n) is 2.82. The number of terminal acetylenes is 1. The van der Waals surface area contributed by atoms with Gasteiger partial charge in [-0.15, -0.1) is 6.42 Å². The monoisotopic (exact) mass is 254 g/mol. The van der Waals surface area contributed by atoms with Crippen LogP contribution in [0.3, 0.4) is 0 Å². The van der Waals surface area contributed by atoms with E-state index in [0.29, 0.717) is 5.92 Å². The number of benzene rings is 1. The van der Waals surface area contributed by atoms with Gasteiger partial charge in [-0.1, -0.05) is 55.3 Å². The van der Waals surface area contributed by atoms with Gasteiger partial charge in [0.1, 0.15) is 6.10 Å². The van der Waals surface area contributed by atoms with Crippen molar-refractivity contribution in [2.24, 2.45) is 5.92 Å². The highest BCUT2D eigenvalue weighted by molar-refractivity contribution is 5.49. The van der Waals surface area contributed by atoms with Gasteiger partial charge in [-0.2, -0.15) is 0 Å². The lowest BCUT2D eigenvalue weighted by atomic mass is 9.91. The van der Waals surface area contributed by atoms with Crippen LogP contribution in [0.25, 0.3) is 6.08 Å². The van der Waals surface area contributed by atoms with Crippen LogP contribution in [0.4, 0.5) is 0 Å². The standard InChI is InChI=1S/C17H18O2/c1-3-14-17-11-16(18-14)12(2)15(19-17)10-9-13-7-5-4-6-8-13/h1,4-10,12,14-17H,11H2,2H3/b10-9+/t12-,14+,15-,16+,17+/m0/s1. The Hall–Kier alpha value is -1.56. The van der Waals surface area contributed by atoms with Gasteiger partial charge in [-0.05, 0) is 5.56 Å². The first kappa shape index (κ1) is 12.5. The fourth-order valence-corrected chi connectivity index (χ4v) is 2.82. The van der Waals surface area contributed by atoms with Gasteiger partial charge < -0.3 is 9.47 Å². The molecule has 0 N–H and O–H groups in total. The summed E-state index contributed by atoms with van der Waals surface area (Å²) in [5.41, 5.74) is 1.19. The predicted molar refractivity (Wildman–Crippen MR) is 75.4 cm³/mol. The minimum atomic E-state index is -0.178. The van der Waals surface area contributed by atoms with E-state index in [1.807, 2.05) is 18.2 Å². The normalized spacial score (nSPS) is 37.4. The Bertz CT molecular complexity index is 500. The van der Waals surface area contributed by atoms with Gasteiger partial charge in [0.15, 0.2) is 0 Å². The van der Waals surface area contributed by atoms with Gasteiger partial charge in [-0.25, -0.2) is 0 Å². The summed E-state index contributed by atoms with van der Waals surface area (Å²) in [6.07, 6.45) is 10.8. The molecule has 0 aromatic heterocycles.